The van der Waals surface area contributed by atoms with Crippen LogP contribution in [0.15, 0.2) is 6.07 Å². The molecule has 7 heteroatoms. The van der Waals surface area contributed by atoms with E-state index in [1.165, 1.54) is 0 Å². The van der Waals surface area contributed by atoms with Crippen molar-refractivity contribution in [2.24, 2.45) is 0 Å². The molecule has 0 saturated carbocycles. The van der Waals surface area contributed by atoms with E-state index in [-0.39, 0.29) is 11.1 Å². The highest BCUT2D eigenvalue weighted by Crippen LogP contribution is 2.31. The summed E-state index contributed by atoms with van der Waals surface area (Å²) in [5.74, 6) is 0.261. The Kier molecular flexibility index (Phi) is 3.42. The minimum atomic E-state index is -4.49. The number of alkyl halides is 3. The van der Waals surface area contributed by atoms with Gasteiger partial charge in [0.1, 0.15) is 5.82 Å². The Balaban J connectivity index is 2.31. The number of aromatic nitrogens is 2. The molecule has 2 rings (SSSR count). The molecular weight excluding hydrogens is 255 g/mol. The summed E-state index contributed by atoms with van der Waals surface area (Å²) in [5.41, 5.74) is -0.988. The summed E-state index contributed by atoms with van der Waals surface area (Å²) in [6.45, 7) is 1.43. The largest absolute Gasteiger partial charge is 0.433 e. The van der Waals surface area contributed by atoms with Crippen LogP contribution in [0.25, 0.3) is 0 Å². The smallest absolute Gasteiger partial charge is 0.356 e. The van der Waals surface area contributed by atoms with E-state index in [9.17, 15) is 13.2 Å². The lowest BCUT2D eigenvalue weighted by Crippen LogP contribution is -2.30. The summed E-state index contributed by atoms with van der Waals surface area (Å²) in [5, 5.41) is -0.361. The zero-order valence-electron chi connectivity index (χ0n) is 8.97. The molecule has 2 heterocycles. The predicted octanol–water partition coefficient (Wildman–Crippen LogP) is 3.14. The highest BCUT2D eigenvalue weighted by molar-refractivity contribution is 6.28. The number of piperidine rings is 1. The fourth-order valence-electron chi connectivity index (χ4n) is 1.84. The van der Waals surface area contributed by atoms with Crippen LogP contribution in [0.2, 0.25) is 5.28 Å². The molecule has 1 aromatic heterocycles. The highest BCUT2D eigenvalue weighted by atomic mass is 35.5. The first-order chi connectivity index (χ1) is 7.97. The van der Waals surface area contributed by atoms with Crippen LogP contribution in [0, 0.1) is 0 Å². The Morgan fingerprint density at radius 2 is 1.76 bits per heavy atom. The minimum Gasteiger partial charge on any atom is -0.356 e. The summed E-state index contributed by atoms with van der Waals surface area (Å²) < 4.78 is 37.6. The molecule has 0 spiro atoms. The molecule has 0 unspecified atom stereocenters. The molecule has 94 valence electrons. The van der Waals surface area contributed by atoms with E-state index in [4.69, 9.17) is 11.6 Å². The van der Waals surface area contributed by atoms with Gasteiger partial charge in [-0.15, -0.1) is 0 Å². The van der Waals surface area contributed by atoms with Gasteiger partial charge in [-0.05, 0) is 30.9 Å². The van der Waals surface area contributed by atoms with Crippen molar-refractivity contribution < 1.29 is 13.2 Å². The standard InChI is InChI=1S/C10H11ClF3N3/c11-9-15-7(10(12,13)14)6-8(16-9)17-4-2-1-3-5-17/h6H,1-5H2. The number of hydrogen-bond donors (Lipinski definition) is 0. The predicted molar refractivity (Wildman–Crippen MR) is 58.1 cm³/mol. The third-order valence-electron chi connectivity index (χ3n) is 2.66. The average molecular weight is 266 g/mol. The van der Waals surface area contributed by atoms with Gasteiger partial charge < -0.3 is 4.90 Å². The van der Waals surface area contributed by atoms with E-state index in [0.717, 1.165) is 25.3 Å². The lowest BCUT2D eigenvalue weighted by molar-refractivity contribution is -0.141. The van der Waals surface area contributed by atoms with Crippen LogP contribution in [0.4, 0.5) is 19.0 Å². The highest BCUT2D eigenvalue weighted by Gasteiger charge is 2.34. The molecule has 1 fully saturated rings. The summed E-state index contributed by atoms with van der Waals surface area (Å²) in [6.07, 6.45) is -1.47. The van der Waals surface area contributed by atoms with Crippen molar-refractivity contribution in [2.45, 2.75) is 25.4 Å². The van der Waals surface area contributed by atoms with Crippen molar-refractivity contribution in [3.63, 3.8) is 0 Å². The monoisotopic (exact) mass is 265 g/mol. The molecule has 1 aliphatic rings. The summed E-state index contributed by atoms with van der Waals surface area (Å²) >= 11 is 5.53. The van der Waals surface area contributed by atoms with Crippen LogP contribution in [0.1, 0.15) is 25.0 Å². The molecule has 0 atom stereocenters. The molecule has 1 saturated heterocycles. The van der Waals surface area contributed by atoms with Gasteiger partial charge in [0, 0.05) is 19.2 Å². The van der Waals surface area contributed by atoms with Gasteiger partial charge >= 0.3 is 6.18 Å². The van der Waals surface area contributed by atoms with Crippen molar-refractivity contribution in [1.29, 1.82) is 0 Å². The molecule has 0 N–H and O–H groups in total. The topological polar surface area (TPSA) is 29.0 Å². The Hall–Kier alpha value is -1.04. The van der Waals surface area contributed by atoms with Crippen LogP contribution in [0.3, 0.4) is 0 Å². The van der Waals surface area contributed by atoms with E-state index >= 15 is 0 Å². The lowest BCUT2D eigenvalue weighted by atomic mass is 10.1. The van der Waals surface area contributed by atoms with Gasteiger partial charge in [-0.1, -0.05) is 0 Å². The summed E-state index contributed by atoms with van der Waals surface area (Å²) in [7, 11) is 0. The Morgan fingerprint density at radius 3 is 2.35 bits per heavy atom. The molecule has 1 aromatic rings. The molecule has 17 heavy (non-hydrogen) atoms. The minimum absolute atomic E-state index is 0.261. The van der Waals surface area contributed by atoms with Crippen molar-refractivity contribution in [3.05, 3.63) is 17.0 Å². The lowest BCUT2D eigenvalue weighted by Gasteiger charge is -2.28. The first kappa shape index (κ1) is 12.4. The zero-order chi connectivity index (χ0) is 12.5. The molecule has 0 amide bonds. The summed E-state index contributed by atoms with van der Waals surface area (Å²) in [4.78, 5) is 8.87. The second kappa shape index (κ2) is 4.68. The average Bonchev–Trinajstić information content (AvgIpc) is 2.28. The van der Waals surface area contributed by atoms with Crippen LogP contribution >= 0.6 is 11.6 Å². The maximum absolute atomic E-state index is 12.5. The van der Waals surface area contributed by atoms with Crippen molar-refractivity contribution in [3.8, 4) is 0 Å². The van der Waals surface area contributed by atoms with Crippen molar-refractivity contribution >= 4 is 17.4 Å². The van der Waals surface area contributed by atoms with Crippen LogP contribution in [0.5, 0.6) is 0 Å². The van der Waals surface area contributed by atoms with Crippen LogP contribution in [-0.2, 0) is 6.18 Å². The Bertz CT molecular complexity index is 402. The van der Waals surface area contributed by atoms with E-state index in [1.54, 1.807) is 0 Å². The number of halogens is 4. The van der Waals surface area contributed by atoms with Gasteiger partial charge in [0.05, 0.1) is 0 Å². The molecule has 0 aromatic carbocycles. The number of anilines is 1. The second-order valence-electron chi connectivity index (χ2n) is 3.93. The van der Waals surface area contributed by atoms with Gasteiger partial charge in [-0.25, -0.2) is 9.97 Å². The van der Waals surface area contributed by atoms with E-state index in [0.29, 0.717) is 13.1 Å². The van der Waals surface area contributed by atoms with Crippen LogP contribution in [-0.4, -0.2) is 23.1 Å². The molecule has 0 bridgehead atoms. The quantitative estimate of drug-likeness (QED) is 0.731. The van der Waals surface area contributed by atoms with Crippen molar-refractivity contribution in [2.75, 3.05) is 18.0 Å². The maximum atomic E-state index is 12.5. The zero-order valence-corrected chi connectivity index (χ0v) is 9.72. The van der Waals surface area contributed by atoms with E-state index < -0.39 is 11.9 Å². The molecule has 1 aliphatic heterocycles. The second-order valence-corrected chi connectivity index (χ2v) is 4.26. The third kappa shape index (κ3) is 3.00. The fourth-order valence-corrected chi connectivity index (χ4v) is 2.01. The number of hydrogen-bond acceptors (Lipinski definition) is 3. The Morgan fingerprint density at radius 1 is 1.12 bits per heavy atom. The molecule has 3 nitrogen and oxygen atoms in total. The first-order valence-corrected chi connectivity index (χ1v) is 5.71. The van der Waals surface area contributed by atoms with Crippen molar-refractivity contribution in [1.82, 2.24) is 9.97 Å². The molecule has 0 aliphatic carbocycles. The molecular formula is C10H11ClF3N3. The summed E-state index contributed by atoms with van der Waals surface area (Å²) in [6, 6.07) is 0.956. The van der Waals surface area contributed by atoms with Crippen LogP contribution < -0.4 is 4.90 Å². The van der Waals surface area contributed by atoms with Gasteiger partial charge in [0.2, 0.25) is 5.28 Å². The van der Waals surface area contributed by atoms with Gasteiger partial charge in [0.15, 0.2) is 5.69 Å². The van der Waals surface area contributed by atoms with Gasteiger partial charge in [0.25, 0.3) is 0 Å². The van der Waals surface area contributed by atoms with E-state index in [2.05, 4.69) is 9.97 Å². The van der Waals surface area contributed by atoms with Gasteiger partial charge in [-0.3, -0.25) is 0 Å². The number of nitrogens with zero attached hydrogens (tertiary/aromatic N) is 3. The van der Waals surface area contributed by atoms with Gasteiger partial charge in [-0.2, -0.15) is 13.2 Å². The SMILES string of the molecule is FC(F)(F)c1cc(N2CCCCC2)nc(Cl)n1. The first-order valence-electron chi connectivity index (χ1n) is 5.33. The Labute approximate surface area is 102 Å². The third-order valence-corrected chi connectivity index (χ3v) is 2.82. The fraction of sp³-hybridized carbons (Fsp3) is 0.600. The normalized spacial score (nSPS) is 17.3. The van der Waals surface area contributed by atoms with E-state index in [1.807, 2.05) is 4.90 Å². The molecule has 0 radical (unpaired) electrons. The number of rotatable bonds is 1. The maximum Gasteiger partial charge on any atom is 0.433 e.